The van der Waals surface area contributed by atoms with Crippen molar-refractivity contribution < 1.29 is 14.0 Å². The standard InChI is InChI=1S/C23H28ClFN2O2/c1-15-9-11-17(12-10-15)14-27(16(2)22(29)26-23(3,4)5)21(28)13-18-19(24)7-6-8-20(18)25/h6-12,16H,13-14H2,1-5H3,(H,26,29). The first-order valence-corrected chi connectivity index (χ1v) is 9.95. The van der Waals surface area contributed by atoms with Gasteiger partial charge >= 0.3 is 0 Å². The predicted molar refractivity (Wildman–Crippen MR) is 114 cm³/mol. The first-order valence-electron chi connectivity index (χ1n) is 9.58. The molecule has 0 saturated carbocycles. The summed E-state index contributed by atoms with van der Waals surface area (Å²) in [6, 6.07) is 11.3. The summed E-state index contributed by atoms with van der Waals surface area (Å²) in [5, 5.41) is 3.10. The SMILES string of the molecule is Cc1ccc(CN(C(=O)Cc2c(F)cccc2Cl)C(C)C(=O)NC(C)(C)C)cc1. The maximum absolute atomic E-state index is 14.2. The number of carbonyl (C=O) groups is 2. The molecule has 6 heteroatoms. The fourth-order valence-corrected chi connectivity index (χ4v) is 3.13. The van der Waals surface area contributed by atoms with Crippen LogP contribution < -0.4 is 5.32 Å². The minimum atomic E-state index is -0.728. The Morgan fingerprint density at radius 2 is 1.76 bits per heavy atom. The zero-order valence-electron chi connectivity index (χ0n) is 17.6. The molecule has 1 N–H and O–H groups in total. The number of benzene rings is 2. The number of aryl methyl sites for hydroxylation is 1. The third-order valence-electron chi connectivity index (χ3n) is 4.53. The number of hydrogen-bond acceptors (Lipinski definition) is 2. The number of hydrogen-bond donors (Lipinski definition) is 1. The molecule has 29 heavy (non-hydrogen) atoms. The average molecular weight is 419 g/mol. The van der Waals surface area contributed by atoms with E-state index >= 15 is 0 Å². The van der Waals surface area contributed by atoms with Crippen molar-refractivity contribution in [2.24, 2.45) is 0 Å². The lowest BCUT2D eigenvalue weighted by atomic mass is 10.1. The molecule has 0 bridgehead atoms. The summed E-state index contributed by atoms with van der Waals surface area (Å²) in [6.07, 6.45) is -0.218. The highest BCUT2D eigenvalue weighted by Gasteiger charge is 2.29. The van der Waals surface area contributed by atoms with Crippen molar-refractivity contribution in [3.05, 3.63) is 70.0 Å². The Labute approximate surface area is 177 Å². The number of amides is 2. The molecule has 2 amide bonds. The maximum Gasteiger partial charge on any atom is 0.242 e. The topological polar surface area (TPSA) is 49.4 Å². The molecule has 2 aromatic carbocycles. The van der Waals surface area contributed by atoms with Crippen molar-refractivity contribution in [2.45, 2.75) is 59.2 Å². The second-order valence-electron chi connectivity index (χ2n) is 8.30. The fraction of sp³-hybridized carbons (Fsp3) is 0.391. The van der Waals surface area contributed by atoms with Crippen LogP contribution in [0.2, 0.25) is 5.02 Å². The van der Waals surface area contributed by atoms with Gasteiger partial charge < -0.3 is 10.2 Å². The second kappa shape index (κ2) is 9.40. The molecule has 0 aromatic heterocycles. The molecule has 2 aromatic rings. The summed E-state index contributed by atoms with van der Waals surface area (Å²) in [5.41, 5.74) is 1.69. The number of nitrogens with one attached hydrogen (secondary N) is 1. The van der Waals surface area contributed by atoms with Crippen molar-refractivity contribution >= 4 is 23.4 Å². The van der Waals surface area contributed by atoms with Gasteiger partial charge in [-0.3, -0.25) is 9.59 Å². The van der Waals surface area contributed by atoms with Crippen LogP contribution in [0.25, 0.3) is 0 Å². The van der Waals surface area contributed by atoms with Gasteiger partial charge in [0.2, 0.25) is 11.8 Å². The van der Waals surface area contributed by atoms with E-state index < -0.39 is 17.4 Å². The van der Waals surface area contributed by atoms with Gasteiger partial charge in [0.1, 0.15) is 11.9 Å². The zero-order valence-corrected chi connectivity index (χ0v) is 18.3. The molecule has 0 aliphatic heterocycles. The van der Waals surface area contributed by atoms with E-state index in [0.29, 0.717) is 0 Å². The average Bonchev–Trinajstić information content (AvgIpc) is 2.62. The molecule has 2 rings (SSSR count). The lowest BCUT2D eigenvalue weighted by Gasteiger charge is -2.31. The van der Waals surface area contributed by atoms with Gasteiger partial charge in [0.25, 0.3) is 0 Å². The van der Waals surface area contributed by atoms with Crippen molar-refractivity contribution in [1.82, 2.24) is 10.2 Å². The Balaban J connectivity index is 2.30. The molecule has 0 radical (unpaired) electrons. The smallest absolute Gasteiger partial charge is 0.242 e. The molecule has 0 aliphatic carbocycles. The highest BCUT2D eigenvalue weighted by Crippen LogP contribution is 2.21. The van der Waals surface area contributed by atoms with E-state index in [1.165, 1.54) is 17.0 Å². The molecule has 0 fully saturated rings. The van der Waals surface area contributed by atoms with Gasteiger partial charge in [0.05, 0.1) is 6.42 Å². The second-order valence-corrected chi connectivity index (χ2v) is 8.71. The lowest BCUT2D eigenvalue weighted by Crippen LogP contribution is -2.52. The van der Waals surface area contributed by atoms with Gasteiger partial charge in [-0.15, -0.1) is 0 Å². The first kappa shape index (κ1) is 22.9. The van der Waals surface area contributed by atoms with Crippen LogP contribution in [0.4, 0.5) is 4.39 Å². The lowest BCUT2D eigenvalue weighted by molar-refractivity contribution is -0.140. The molecule has 0 spiro atoms. The van der Waals surface area contributed by atoms with Crippen LogP contribution >= 0.6 is 11.6 Å². The molecule has 156 valence electrons. The van der Waals surface area contributed by atoms with Crippen LogP contribution in [0.3, 0.4) is 0 Å². The number of rotatable bonds is 6. The van der Waals surface area contributed by atoms with E-state index in [2.05, 4.69) is 5.32 Å². The number of carbonyl (C=O) groups excluding carboxylic acids is 2. The summed E-state index contributed by atoms with van der Waals surface area (Å²) in [7, 11) is 0. The molecular weight excluding hydrogens is 391 g/mol. The Bertz CT molecular complexity index is 855. The Morgan fingerprint density at radius 3 is 2.31 bits per heavy atom. The van der Waals surface area contributed by atoms with Crippen molar-refractivity contribution in [3.8, 4) is 0 Å². The minimum Gasteiger partial charge on any atom is -0.350 e. The number of halogens is 2. The van der Waals surface area contributed by atoms with Gasteiger partial charge in [-0.05, 0) is 52.3 Å². The third-order valence-corrected chi connectivity index (χ3v) is 4.88. The summed E-state index contributed by atoms with van der Waals surface area (Å²) in [4.78, 5) is 27.3. The molecule has 1 unspecified atom stereocenters. The molecule has 4 nitrogen and oxygen atoms in total. The summed E-state index contributed by atoms with van der Waals surface area (Å²) >= 11 is 6.10. The maximum atomic E-state index is 14.2. The van der Waals surface area contributed by atoms with Crippen LogP contribution in [0.15, 0.2) is 42.5 Å². The van der Waals surface area contributed by atoms with Crippen LogP contribution in [0.5, 0.6) is 0 Å². The van der Waals surface area contributed by atoms with Crippen LogP contribution in [0, 0.1) is 12.7 Å². The van der Waals surface area contributed by atoms with E-state index in [-0.39, 0.29) is 35.4 Å². The Kier molecular flexibility index (Phi) is 7.42. The van der Waals surface area contributed by atoms with E-state index in [9.17, 15) is 14.0 Å². The van der Waals surface area contributed by atoms with Crippen LogP contribution in [0.1, 0.15) is 44.4 Å². The summed E-state index contributed by atoms with van der Waals surface area (Å²) in [6.45, 7) is 9.53. The predicted octanol–water partition coefficient (Wildman–Crippen LogP) is 4.66. The molecule has 0 saturated heterocycles. The molecular formula is C23H28ClFN2O2. The minimum absolute atomic E-state index is 0.136. The van der Waals surface area contributed by atoms with E-state index in [0.717, 1.165) is 11.1 Å². The normalized spacial score (nSPS) is 12.4. The Hall–Kier alpha value is -2.40. The van der Waals surface area contributed by atoms with Crippen molar-refractivity contribution in [3.63, 3.8) is 0 Å². The van der Waals surface area contributed by atoms with Gasteiger partial charge in [0, 0.05) is 22.7 Å². The van der Waals surface area contributed by atoms with Gasteiger partial charge in [0.15, 0.2) is 0 Å². The zero-order chi connectivity index (χ0) is 21.8. The third kappa shape index (κ3) is 6.57. The van der Waals surface area contributed by atoms with Gasteiger partial charge in [-0.1, -0.05) is 47.5 Å². The van der Waals surface area contributed by atoms with Gasteiger partial charge in [-0.25, -0.2) is 4.39 Å². The van der Waals surface area contributed by atoms with Crippen molar-refractivity contribution in [2.75, 3.05) is 0 Å². The monoisotopic (exact) mass is 418 g/mol. The molecule has 1 atom stereocenters. The van der Waals surface area contributed by atoms with E-state index in [4.69, 9.17) is 11.6 Å². The quantitative estimate of drug-likeness (QED) is 0.741. The summed E-state index contributed by atoms with van der Waals surface area (Å²) in [5.74, 6) is -1.17. The molecule has 0 aliphatic rings. The van der Waals surface area contributed by atoms with Gasteiger partial charge in [-0.2, -0.15) is 0 Å². The van der Waals surface area contributed by atoms with E-state index in [1.54, 1.807) is 13.0 Å². The molecule has 0 heterocycles. The van der Waals surface area contributed by atoms with Crippen LogP contribution in [-0.2, 0) is 22.6 Å². The Morgan fingerprint density at radius 1 is 1.14 bits per heavy atom. The largest absolute Gasteiger partial charge is 0.350 e. The highest BCUT2D eigenvalue weighted by atomic mass is 35.5. The van der Waals surface area contributed by atoms with Crippen LogP contribution in [-0.4, -0.2) is 28.3 Å². The van der Waals surface area contributed by atoms with E-state index in [1.807, 2.05) is 52.0 Å². The first-order chi connectivity index (χ1) is 13.5. The highest BCUT2D eigenvalue weighted by molar-refractivity contribution is 6.31. The number of nitrogens with zero attached hydrogens (tertiary/aromatic N) is 1. The summed E-state index contributed by atoms with van der Waals surface area (Å²) < 4.78 is 14.2. The fourth-order valence-electron chi connectivity index (χ4n) is 2.90. The van der Waals surface area contributed by atoms with Crippen molar-refractivity contribution in [1.29, 1.82) is 0 Å².